The van der Waals surface area contributed by atoms with Crippen molar-refractivity contribution >= 4 is 9.84 Å². The van der Waals surface area contributed by atoms with Crippen molar-refractivity contribution in [1.29, 1.82) is 0 Å². The van der Waals surface area contributed by atoms with Gasteiger partial charge in [-0.05, 0) is 30.7 Å². The molecule has 2 aromatic rings. The lowest BCUT2D eigenvalue weighted by atomic mass is 10.1. The maximum atomic E-state index is 11.4. The molecule has 0 fully saturated rings. The van der Waals surface area contributed by atoms with Crippen molar-refractivity contribution < 1.29 is 12.9 Å². The molecule has 0 saturated carbocycles. The van der Waals surface area contributed by atoms with Gasteiger partial charge in [-0.25, -0.2) is 8.42 Å². The molecule has 1 aromatic heterocycles. The molecule has 7 heteroatoms. The Morgan fingerprint density at radius 3 is 2.61 bits per heavy atom. The number of nitrogens with zero attached hydrogens (tertiary/aromatic N) is 2. The van der Waals surface area contributed by atoms with E-state index in [9.17, 15) is 8.42 Å². The highest BCUT2D eigenvalue weighted by molar-refractivity contribution is 7.90. The predicted molar refractivity (Wildman–Crippen MR) is 65.5 cm³/mol. The van der Waals surface area contributed by atoms with Crippen LogP contribution in [0.4, 0.5) is 0 Å². The Kier molecular flexibility index (Phi) is 3.18. The predicted octanol–water partition coefficient (Wildman–Crippen LogP) is 0.907. The van der Waals surface area contributed by atoms with Gasteiger partial charge in [0, 0.05) is 11.8 Å². The number of aryl methyl sites for hydroxylation is 1. The quantitative estimate of drug-likeness (QED) is 0.887. The van der Waals surface area contributed by atoms with Crippen LogP contribution in [0.5, 0.6) is 0 Å². The molecule has 0 bridgehead atoms. The molecule has 0 unspecified atom stereocenters. The lowest BCUT2D eigenvalue weighted by Crippen LogP contribution is -1.98. The van der Waals surface area contributed by atoms with E-state index >= 15 is 0 Å². The minimum absolute atomic E-state index is 0.174. The summed E-state index contributed by atoms with van der Waals surface area (Å²) in [6, 6.07) is 4.77. The topological polar surface area (TPSA) is 99.1 Å². The number of rotatable bonds is 3. The van der Waals surface area contributed by atoms with Crippen molar-refractivity contribution in [2.24, 2.45) is 5.73 Å². The summed E-state index contributed by atoms with van der Waals surface area (Å²) in [5.74, 6) is 0.754. The molecule has 1 heterocycles. The minimum atomic E-state index is -3.21. The van der Waals surface area contributed by atoms with E-state index in [1.54, 1.807) is 19.1 Å². The molecule has 0 saturated heterocycles. The van der Waals surface area contributed by atoms with Gasteiger partial charge in [0.25, 0.3) is 0 Å². The first-order valence-corrected chi connectivity index (χ1v) is 7.14. The highest BCUT2D eigenvalue weighted by atomic mass is 32.2. The second-order valence-electron chi connectivity index (χ2n) is 3.96. The lowest BCUT2D eigenvalue weighted by molar-refractivity contribution is 0.380. The molecular weight excluding hydrogens is 254 g/mol. The van der Waals surface area contributed by atoms with Gasteiger partial charge < -0.3 is 10.3 Å². The van der Waals surface area contributed by atoms with Gasteiger partial charge in [-0.2, -0.15) is 4.98 Å². The summed E-state index contributed by atoms with van der Waals surface area (Å²) in [5, 5.41) is 3.79. The molecule has 1 aromatic carbocycles. The van der Waals surface area contributed by atoms with Gasteiger partial charge in [0.05, 0.1) is 11.4 Å². The molecule has 18 heavy (non-hydrogen) atoms. The van der Waals surface area contributed by atoms with Crippen LogP contribution in [-0.4, -0.2) is 24.8 Å². The number of aromatic nitrogens is 2. The standard InChI is InChI=1S/C11H13N3O3S/c1-7-5-8(18(2,15)16)3-4-9(7)11-13-10(6-12)17-14-11/h3-5H,6,12H2,1-2H3. The fourth-order valence-electron chi connectivity index (χ4n) is 1.56. The molecule has 0 aliphatic heterocycles. The molecule has 0 spiro atoms. The first-order valence-electron chi connectivity index (χ1n) is 5.25. The van der Waals surface area contributed by atoms with Crippen molar-refractivity contribution in [2.45, 2.75) is 18.4 Å². The Hall–Kier alpha value is -1.73. The summed E-state index contributed by atoms with van der Waals surface area (Å²) in [7, 11) is -3.21. The molecule has 2 rings (SSSR count). The number of benzene rings is 1. The van der Waals surface area contributed by atoms with Crippen molar-refractivity contribution in [3.63, 3.8) is 0 Å². The molecule has 96 valence electrons. The first kappa shape index (κ1) is 12.7. The van der Waals surface area contributed by atoms with Crippen molar-refractivity contribution in [3.05, 3.63) is 29.7 Å². The Labute approximate surface area is 105 Å². The van der Waals surface area contributed by atoms with E-state index < -0.39 is 9.84 Å². The van der Waals surface area contributed by atoms with E-state index in [4.69, 9.17) is 10.3 Å². The molecule has 0 radical (unpaired) electrons. The molecule has 6 nitrogen and oxygen atoms in total. The summed E-state index contributed by atoms with van der Waals surface area (Å²) >= 11 is 0. The van der Waals surface area contributed by atoms with Crippen LogP contribution in [0.2, 0.25) is 0 Å². The van der Waals surface area contributed by atoms with E-state index in [-0.39, 0.29) is 11.4 Å². The first-order chi connectivity index (χ1) is 8.41. The van der Waals surface area contributed by atoms with Crippen LogP contribution in [0.3, 0.4) is 0 Å². The smallest absolute Gasteiger partial charge is 0.240 e. The van der Waals surface area contributed by atoms with Crippen LogP contribution in [-0.2, 0) is 16.4 Å². The number of sulfone groups is 1. The number of nitrogens with two attached hydrogens (primary N) is 1. The van der Waals surface area contributed by atoms with Crippen LogP contribution >= 0.6 is 0 Å². The fourth-order valence-corrected chi connectivity index (χ4v) is 2.27. The van der Waals surface area contributed by atoms with Crippen LogP contribution in [0.15, 0.2) is 27.6 Å². The van der Waals surface area contributed by atoms with Crippen molar-refractivity contribution in [3.8, 4) is 11.4 Å². The van der Waals surface area contributed by atoms with Gasteiger partial charge in [0.1, 0.15) is 0 Å². The van der Waals surface area contributed by atoms with E-state index in [2.05, 4.69) is 10.1 Å². The summed E-state index contributed by atoms with van der Waals surface area (Å²) in [6.45, 7) is 1.97. The molecule has 0 aliphatic rings. The van der Waals surface area contributed by atoms with E-state index in [0.717, 1.165) is 11.1 Å². The van der Waals surface area contributed by atoms with Gasteiger partial charge in [-0.15, -0.1) is 0 Å². The second-order valence-corrected chi connectivity index (χ2v) is 5.98. The molecule has 2 N–H and O–H groups in total. The van der Waals surface area contributed by atoms with Crippen LogP contribution < -0.4 is 5.73 Å². The third kappa shape index (κ3) is 2.41. The summed E-state index contributed by atoms with van der Waals surface area (Å²) in [6.07, 6.45) is 1.17. The van der Waals surface area contributed by atoms with Gasteiger partial charge in [0.15, 0.2) is 9.84 Å². The zero-order valence-electron chi connectivity index (χ0n) is 10.0. The highest BCUT2D eigenvalue weighted by Crippen LogP contribution is 2.23. The second kappa shape index (κ2) is 4.51. The van der Waals surface area contributed by atoms with E-state index in [1.807, 2.05) is 0 Å². The van der Waals surface area contributed by atoms with Gasteiger partial charge in [-0.1, -0.05) is 5.16 Å². The monoisotopic (exact) mass is 267 g/mol. The number of hydrogen-bond donors (Lipinski definition) is 1. The van der Waals surface area contributed by atoms with E-state index in [1.165, 1.54) is 12.3 Å². The summed E-state index contributed by atoms with van der Waals surface area (Å²) < 4.78 is 27.8. The molecule has 0 atom stereocenters. The van der Waals surface area contributed by atoms with Gasteiger partial charge >= 0.3 is 0 Å². The Balaban J connectivity index is 2.47. The maximum Gasteiger partial charge on any atom is 0.240 e. The van der Waals surface area contributed by atoms with E-state index in [0.29, 0.717) is 11.7 Å². The third-order valence-corrected chi connectivity index (χ3v) is 3.62. The Bertz CT molecular complexity index is 677. The van der Waals surface area contributed by atoms with Crippen molar-refractivity contribution in [2.75, 3.05) is 6.26 Å². The lowest BCUT2D eigenvalue weighted by Gasteiger charge is -2.03. The molecule has 0 aliphatic carbocycles. The summed E-state index contributed by atoms with van der Waals surface area (Å²) in [4.78, 5) is 4.37. The fraction of sp³-hybridized carbons (Fsp3) is 0.273. The largest absolute Gasteiger partial charge is 0.338 e. The van der Waals surface area contributed by atoms with Crippen molar-refractivity contribution in [1.82, 2.24) is 10.1 Å². The average Bonchev–Trinajstić information content (AvgIpc) is 2.76. The van der Waals surface area contributed by atoms with Crippen LogP contribution in [0.25, 0.3) is 11.4 Å². The molecular formula is C11H13N3O3S. The number of hydrogen-bond acceptors (Lipinski definition) is 6. The zero-order valence-corrected chi connectivity index (χ0v) is 10.9. The van der Waals surface area contributed by atoms with Gasteiger partial charge in [-0.3, -0.25) is 0 Å². The zero-order chi connectivity index (χ0) is 13.3. The Morgan fingerprint density at radius 1 is 1.39 bits per heavy atom. The third-order valence-electron chi connectivity index (χ3n) is 2.51. The van der Waals surface area contributed by atoms with Gasteiger partial charge in [0.2, 0.25) is 11.7 Å². The van der Waals surface area contributed by atoms with Crippen LogP contribution in [0.1, 0.15) is 11.5 Å². The SMILES string of the molecule is Cc1cc(S(C)(=O)=O)ccc1-c1noc(CN)n1. The highest BCUT2D eigenvalue weighted by Gasteiger charge is 2.13. The Morgan fingerprint density at radius 2 is 2.11 bits per heavy atom. The minimum Gasteiger partial charge on any atom is -0.338 e. The molecule has 0 amide bonds. The summed E-state index contributed by atoms with van der Waals surface area (Å²) in [5.41, 5.74) is 6.88. The maximum absolute atomic E-state index is 11.4. The average molecular weight is 267 g/mol. The van der Waals surface area contributed by atoms with Crippen LogP contribution in [0, 0.1) is 6.92 Å². The normalized spacial score (nSPS) is 11.7.